The third kappa shape index (κ3) is 2.31. The molecule has 1 N–H and O–H groups in total. The van der Waals surface area contributed by atoms with Crippen molar-refractivity contribution in [2.24, 2.45) is 5.41 Å². The number of esters is 1. The zero-order valence-corrected chi connectivity index (χ0v) is 14.7. The van der Waals surface area contributed by atoms with Gasteiger partial charge >= 0.3 is 5.97 Å². The first-order chi connectivity index (χ1) is 11.3. The highest BCUT2D eigenvalue weighted by molar-refractivity contribution is 6.16. The maximum absolute atomic E-state index is 13.1. The third-order valence-electron chi connectivity index (χ3n) is 4.54. The summed E-state index contributed by atoms with van der Waals surface area (Å²) < 4.78 is 20.9. The molecule has 0 spiro atoms. The highest BCUT2D eigenvalue weighted by atomic mass is 16.5. The summed E-state index contributed by atoms with van der Waals surface area (Å²) in [5.74, 6) is -0.288. The van der Waals surface area contributed by atoms with E-state index in [0.29, 0.717) is 11.3 Å². The van der Waals surface area contributed by atoms with Gasteiger partial charge in [0, 0.05) is 17.5 Å². The minimum Gasteiger partial charge on any atom is -0.496 e. The van der Waals surface area contributed by atoms with Gasteiger partial charge in [-0.2, -0.15) is 0 Å². The predicted molar refractivity (Wildman–Crippen MR) is 84.9 cm³/mol. The van der Waals surface area contributed by atoms with Crippen molar-refractivity contribution in [1.82, 2.24) is 0 Å². The molecule has 1 aromatic rings. The Morgan fingerprint density at radius 3 is 2.08 bits per heavy atom. The van der Waals surface area contributed by atoms with Crippen molar-refractivity contribution >= 4 is 11.8 Å². The quantitative estimate of drug-likeness (QED) is 0.661. The number of hydrogen-bond donors (Lipinski definition) is 1. The Morgan fingerprint density at radius 1 is 1.08 bits per heavy atom. The van der Waals surface area contributed by atoms with Crippen LogP contribution >= 0.6 is 0 Å². The van der Waals surface area contributed by atoms with E-state index in [1.807, 2.05) is 0 Å². The third-order valence-corrected chi connectivity index (χ3v) is 4.54. The Hall–Kier alpha value is -2.28. The SMILES string of the molecule is COC(=O)[C@]1(C)CC(O)c2c(OC)c(OC)c(C)c(OC)c2C1=O. The number of fused-ring (bicyclic) bond motifs is 1. The summed E-state index contributed by atoms with van der Waals surface area (Å²) in [5.41, 5.74) is -0.562. The maximum Gasteiger partial charge on any atom is 0.319 e. The zero-order chi connectivity index (χ0) is 18.2. The molecule has 0 fully saturated rings. The first kappa shape index (κ1) is 18.1. The van der Waals surface area contributed by atoms with Gasteiger partial charge in [-0.05, 0) is 13.8 Å². The van der Waals surface area contributed by atoms with Crippen LogP contribution in [0.5, 0.6) is 17.2 Å². The molecule has 0 saturated carbocycles. The van der Waals surface area contributed by atoms with Crippen molar-refractivity contribution in [3.05, 3.63) is 16.7 Å². The van der Waals surface area contributed by atoms with Crippen LogP contribution in [0.15, 0.2) is 0 Å². The van der Waals surface area contributed by atoms with Gasteiger partial charge < -0.3 is 24.1 Å². The molecule has 0 bridgehead atoms. The van der Waals surface area contributed by atoms with E-state index >= 15 is 0 Å². The number of carbonyl (C=O) groups excluding carboxylic acids is 2. The van der Waals surface area contributed by atoms with E-state index in [2.05, 4.69) is 0 Å². The van der Waals surface area contributed by atoms with Crippen molar-refractivity contribution in [1.29, 1.82) is 0 Å². The second-order valence-electron chi connectivity index (χ2n) is 5.89. The van der Waals surface area contributed by atoms with Gasteiger partial charge in [-0.1, -0.05) is 0 Å². The van der Waals surface area contributed by atoms with E-state index in [1.54, 1.807) is 6.92 Å². The number of aliphatic hydroxyl groups is 1. The van der Waals surface area contributed by atoms with Gasteiger partial charge in [0.25, 0.3) is 0 Å². The molecule has 1 aliphatic carbocycles. The molecule has 1 unspecified atom stereocenters. The monoisotopic (exact) mass is 338 g/mol. The normalized spacial score (nSPS) is 22.6. The molecule has 7 heteroatoms. The minimum atomic E-state index is -1.50. The average molecular weight is 338 g/mol. The molecule has 1 aromatic carbocycles. The fraction of sp³-hybridized carbons (Fsp3) is 0.529. The van der Waals surface area contributed by atoms with Gasteiger partial charge in [0.1, 0.15) is 11.2 Å². The number of rotatable bonds is 4. The summed E-state index contributed by atoms with van der Waals surface area (Å²) in [6.45, 7) is 3.17. The number of aliphatic hydroxyl groups excluding tert-OH is 1. The molecule has 0 amide bonds. The molecular weight excluding hydrogens is 316 g/mol. The van der Waals surface area contributed by atoms with Gasteiger partial charge in [0.15, 0.2) is 17.3 Å². The molecule has 1 aliphatic rings. The molecule has 7 nitrogen and oxygen atoms in total. The van der Waals surface area contributed by atoms with Crippen LogP contribution in [0.25, 0.3) is 0 Å². The van der Waals surface area contributed by atoms with Crippen LogP contribution in [0.4, 0.5) is 0 Å². The van der Waals surface area contributed by atoms with Gasteiger partial charge in [-0.25, -0.2) is 0 Å². The van der Waals surface area contributed by atoms with Crippen molar-refractivity contribution in [3.8, 4) is 17.2 Å². The van der Waals surface area contributed by atoms with E-state index in [-0.39, 0.29) is 29.0 Å². The highest BCUT2D eigenvalue weighted by Crippen LogP contribution is 2.53. The van der Waals surface area contributed by atoms with E-state index in [9.17, 15) is 14.7 Å². The van der Waals surface area contributed by atoms with Crippen LogP contribution in [0, 0.1) is 12.3 Å². The van der Waals surface area contributed by atoms with Gasteiger partial charge in [0.05, 0.1) is 40.1 Å². The summed E-state index contributed by atoms with van der Waals surface area (Å²) in [7, 11) is 5.51. The number of ether oxygens (including phenoxy) is 4. The zero-order valence-electron chi connectivity index (χ0n) is 14.7. The number of hydrogen-bond acceptors (Lipinski definition) is 7. The molecule has 2 rings (SSSR count). The van der Waals surface area contributed by atoms with Crippen LogP contribution in [-0.4, -0.2) is 45.3 Å². The molecule has 0 heterocycles. The molecule has 24 heavy (non-hydrogen) atoms. The Labute approximate surface area is 140 Å². The minimum absolute atomic E-state index is 0.114. The molecule has 0 saturated heterocycles. The number of ketones is 1. The van der Waals surface area contributed by atoms with Crippen molar-refractivity contribution < 1.29 is 33.6 Å². The standard InChI is InChI=1S/C17H22O7/c1-8-12(21-3)11-10(14(23-5)13(8)22-4)9(18)7-17(2,15(11)19)16(20)24-6/h9,18H,7H2,1-6H3/t9?,17-/m1/s1. The molecular formula is C17H22O7. The van der Waals surface area contributed by atoms with Gasteiger partial charge in [-0.15, -0.1) is 0 Å². The van der Waals surface area contributed by atoms with E-state index in [4.69, 9.17) is 18.9 Å². The Balaban J connectivity index is 2.87. The molecule has 0 aromatic heterocycles. The molecule has 2 atom stereocenters. The smallest absolute Gasteiger partial charge is 0.319 e. The highest BCUT2D eigenvalue weighted by Gasteiger charge is 2.52. The fourth-order valence-corrected chi connectivity index (χ4v) is 3.32. The summed E-state index contributed by atoms with van der Waals surface area (Å²) in [5, 5.41) is 10.7. The predicted octanol–water partition coefficient (Wildman–Crippen LogP) is 1.82. The summed E-state index contributed by atoms with van der Waals surface area (Å²) >= 11 is 0. The Bertz CT molecular complexity index is 695. The van der Waals surface area contributed by atoms with Crippen LogP contribution in [0.2, 0.25) is 0 Å². The number of carbonyl (C=O) groups is 2. The van der Waals surface area contributed by atoms with E-state index < -0.39 is 23.3 Å². The van der Waals surface area contributed by atoms with Crippen molar-refractivity contribution in [3.63, 3.8) is 0 Å². The molecule has 132 valence electrons. The van der Waals surface area contributed by atoms with Crippen molar-refractivity contribution in [2.45, 2.75) is 26.4 Å². The van der Waals surface area contributed by atoms with Crippen molar-refractivity contribution in [2.75, 3.05) is 28.4 Å². The lowest BCUT2D eigenvalue weighted by Gasteiger charge is -2.36. The number of Topliss-reactive ketones (excluding diaryl/α,β-unsaturated/α-hetero) is 1. The summed E-state index contributed by atoms with van der Waals surface area (Å²) in [6, 6.07) is 0. The topological polar surface area (TPSA) is 91.3 Å². The van der Waals surface area contributed by atoms with Crippen LogP contribution in [0.1, 0.15) is 40.9 Å². The number of benzene rings is 1. The summed E-state index contributed by atoms with van der Waals surface area (Å²) in [4.78, 5) is 25.3. The Morgan fingerprint density at radius 2 is 1.62 bits per heavy atom. The van der Waals surface area contributed by atoms with E-state index in [1.165, 1.54) is 35.4 Å². The van der Waals surface area contributed by atoms with Gasteiger partial charge in [-0.3, -0.25) is 9.59 Å². The lowest BCUT2D eigenvalue weighted by molar-refractivity contribution is -0.150. The van der Waals surface area contributed by atoms with Crippen LogP contribution < -0.4 is 14.2 Å². The summed E-state index contributed by atoms with van der Waals surface area (Å²) in [6.07, 6.45) is -1.22. The first-order valence-electron chi connectivity index (χ1n) is 7.42. The first-order valence-corrected chi connectivity index (χ1v) is 7.42. The number of methoxy groups -OCH3 is 4. The van der Waals surface area contributed by atoms with Crippen LogP contribution in [-0.2, 0) is 9.53 Å². The second kappa shape index (κ2) is 6.32. The lowest BCUT2D eigenvalue weighted by Crippen LogP contribution is -2.43. The molecule has 0 aliphatic heterocycles. The largest absolute Gasteiger partial charge is 0.496 e. The maximum atomic E-state index is 13.1. The Kier molecular flexibility index (Phi) is 4.75. The van der Waals surface area contributed by atoms with Gasteiger partial charge in [0.2, 0.25) is 0 Å². The second-order valence-corrected chi connectivity index (χ2v) is 5.89. The lowest BCUT2D eigenvalue weighted by atomic mass is 9.69. The van der Waals surface area contributed by atoms with E-state index in [0.717, 1.165) is 0 Å². The fourth-order valence-electron chi connectivity index (χ4n) is 3.32. The van der Waals surface area contributed by atoms with Crippen LogP contribution in [0.3, 0.4) is 0 Å². The average Bonchev–Trinajstić information content (AvgIpc) is 2.57. The molecule has 0 radical (unpaired) electrons.